The summed E-state index contributed by atoms with van der Waals surface area (Å²) in [6.07, 6.45) is 2.32. The predicted octanol–water partition coefficient (Wildman–Crippen LogP) is 5.15. The Labute approximate surface area is 190 Å². The number of likely N-dealkylation sites (tertiary alicyclic amines) is 1. The Bertz CT molecular complexity index is 1200. The van der Waals surface area contributed by atoms with Crippen molar-refractivity contribution in [2.45, 2.75) is 41.6 Å². The monoisotopic (exact) mass is 479 g/mol. The fourth-order valence-electron chi connectivity index (χ4n) is 3.89. The van der Waals surface area contributed by atoms with Crippen LogP contribution in [0.2, 0.25) is 5.02 Å². The van der Waals surface area contributed by atoms with Gasteiger partial charge < -0.3 is 5.32 Å². The second-order valence-corrected chi connectivity index (χ2v) is 11.6. The first kappa shape index (κ1) is 22.2. The summed E-state index contributed by atoms with van der Waals surface area (Å²) in [5.74, 6) is -0.188. The number of nitrogens with one attached hydrogen (secondary N) is 1. The van der Waals surface area contributed by atoms with Crippen LogP contribution in [-0.2, 0) is 16.4 Å². The lowest BCUT2D eigenvalue weighted by atomic mass is 10.0. The van der Waals surface area contributed by atoms with Crippen molar-refractivity contribution in [2.24, 2.45) is 0 Å². The highest BCUT2D eigenvalue weighted by Gasteiger charge is 2.34. The van der Waals surface area contributed by atoms with Crippen LogP contribution in [-0.4, -0.2) is 36.9 Å². The van der Waals surface area contributed by atoms with E-state index in [0.29, 0.717) is 22.8 Å². The van der Waals surface area contributed by atoms with Crippen molar-refractivity contribution >= 4 is 38.5 Å². The van der Waals surface area contributed by atoms with Gasteiger partial charge in [-0.05, 0) is 44.5 Å². The molecule has 0 saturated carbocycles. The standard InChI is InChI=1S/C22H23ClFN3O2S2/c1-15-3-5-19(24)16(11-15)13-27-9-7-22(2,14-27)26-20-6-4-17(12-18(20)23)31(28,29)21-25-8-10-30-21/h3-6,8,10-12,26H,7,9,13-14H2,1-2H3/t22-/m0/s1. The molecule has 2 aromatic carbocycles. The lowest BCUT2D eigenvalue weighted by Crippen LogP contribution is -2.38. The Morgan fingerprint density at radius 3 is 2.81 bits per heavy atom. The Balaban J connectivity index is 1.47. The summed E-state index contributed by atoms with van der Waals surface area (Å²) >= 11 is 7.51. The number of benzene rings is 2. The minimum absolute atomic E-state index is 0.0473. The number of nitrogens with zero attached hydrogens (tertiary/aromatic N) is 2. The zero-order chi connectivity index (χ0) is 22.2. The molecule has 3 aromatic rings. The van der Waals surface area contributed by atoms with Crippen LogP contribution in [0.1, 0.15) is 24.5 Å². The molecule has 1 fully saturated rings. The van der Waals surface area contributed by atoms with E-state index in [-0.39, 0.29) is 20.6 Å². The maximum atomic E-state index is 14.1. The number of hydrogen-bond donors (Lipinski definition) is 1. The number of thiazole rings is 1. The van der Waals surface area contributed by atoms with Crippen molar-refractivity contribution in [1.82, 2.24) is 9.88 Å². The minimum Gasteiger partial charge on any atom is -0.377 e. The van der Waals surface area contributed by atoms with Crippen molar-refractivity contribution in [2.75, 3.05) is 18.4 Å². The molecule has 0 amide bonds. The molecule has 1 atom stereocenters. The number of anilines is 1. The fourth-order valence-corrected chi connectivity index (χ4v) is 6.43. The first-order chi connectivity index (χ1) is 14.7. The first-order valence-corrected chi connectivity index (χ1v) is 12.6. The van der Waals surface area contributed by atoms with Crippen molar-refractivity contribution in [3.8, 4) is 0 Å². The van der Waals surface area contributed by atoms with E-state index in [0.717, 1.165) is 36.4 Å². The molecule has 0 radical (unpaired) electrons. The van der Waals surface area contributed by atoms with Crippen molar-refractivity contribution in [1.29, 1.82) is 0 Å². The van der Waals surface area contributed by atoms with Crippen molar-refractivity contribution in [3.05, 3.63) is 69.9 Å². The smallest absolute Gasteiger partial charge is 0.233 e. The van der Waals surface area contributed by atoms with Crippen LogP contribution in [0.25, 0.3) is 0 Å². The van der Waals surface area contributed by atoms with Gasteiger partial charge in [-0.15, -0.1) is 11.3 Å². The summed E-state index contributed by atoms with van der Waals surface area (Å²) in [4.78, 5) is 6.23. The predicted molar refractivity (Wildman–Crippen MR) is 122 cm³/mol. The number of aryl methyl sites for hydroxylation is 1. The lowest BCUT2D eigenvalue weighted by Gasteiger charge is -2.28. The molecule has 5 nitrogen and oxygen atoms in total. The molecular formula is C22H23ClFN3O2S2. The Morgan fingerprint density at radius 2 is 2.10 bits per heavy atom. The highest BCUT2D eigenvalue weighted by Crippen LogP contribution is 2.33. The summed E-state index contributed by atoms with van der Waals surface area (Å²) in [5.41, 5.74) is 2.14. The molecule has 0 spiro atoms. The number of sulfone groups is 1. The molecule has 4 rings (SSSR count). The largest absolute Gasteiger partial charge is 0.377 e. The summed E-state index contributed by atoms with van der Waals surface area (Å²) in [6.45, 7) is 6.14. The maximum absolute atomic E-state index is 14.1. The van der Waals surface area contributed by atoms with E-state index in [1.165, 1.54) is 18.3 Å². The van der Waals surface area contributed by atoms with Gasteiger partial charge >= 0.3 is 0 Å². The lowest BCUT2D eigenvalue weighted by molar-refractivity contribution is 0.310. The molecule has 1 aliphatic rings. The van der Waals surface area contributed by atoms with Crippen LogP contribution < -0.4 is 5.32 Å². The summed E-state index contributed by atoms with van der Waals surface area (Å²) in [5, 5.41) is 5.43. The van der Waals surface area contributed by atoms with Crippen LogP contribution in [0.15, 0.2) is 57.2 Å². The second kappa shape index (κ2) is 8.50. The zero-order valence-corrected chi connectivity index (χ0v) is 19.6. The molecule has 1 aromatic heterocycles. The van der Waals surface area contributed by atoms with Crippen LogP contribution >= 0.6 is 22.9 Å². The van der Waals surface area contributed by atoms with E-state index in [1.54, 1.807) is 23.6 Å². The molecule has 164 valence electrons. The molecule has 0 aliphatic carbocycles. The van der Waals surface area contributed by atoms with Crippen LogP contribution in [0.4, 0.5) is 10.1 Å². The Morgan fingerprint density at radius 1 is 1.29 bits per heavy atom. The van der Waals surface area contributed by atoms with Gasteiger partial charge in [0, 0.05) is 42.3 Å². The van der Waals surface area contributed by atoms with Gasteiger partial charge in [0.2, 0.25) is 14.2 Å². The Kier molecular flexibility index (Phi) is 6.09. The molecule has 2 heterocycles. The fraction of sp³-hybridized carbons (Fsp3) is 0.318. The topological polar surface area (TPSA) is 62.3 Å². The average molecular weight is 480 g/mol. The van der Waals surface area contributed by atoms with E-state index in [4.69, 9.17) is 11.6 Å². The average Bonchev–Trinajstić information content (AvgIpc) is 3.37. The minimum atomic E-state index is -3.68. The molecule has 0 unspecified atom stereocenters. The van der Waals surface area contributed by atoms with E-state index < -0.39 is 9.84 Å². The highest BCUT2D eigenvalue weighted by atomic mass is 35.5. The van der Waals surface area contributed by atoms with Gasteiger partial charge in [0.25, 0.3) is 0 Å². The molecule has 0 bridgehead atoms. The summed E-state index contributed by atoms with van der Waals surface area (Å²) in [6, 6.07) is 9.87. The van der Waals surface area contributed by atoms with Gasteiger partial charge in [0.05, 0.1) is 15.6 Å². The second-order valence-electron chi connectivity index (χ2n) is 8.18. The van der Waals surface area contributed by atoms with Gasteiger partial charge in [0.1, 0.15) is 5.82 Å². The number of hydrogen-bond acceptors (Lipinski definition) is 6. The van der Waals surface area contributed by atoms with E-state index >= 15 is 0 Å². The van der Waals surface area contributed by atoms with Gasteiger partial charge in [-0.1, -0.05) is 29.3 Å². The SMILES string of the molecule is Cc1ccc(F)c(CN2CC[C@](C)(Nc3ccc(S(=O)(=O)c4nccs4)cc3Cl)C2)c1. The summed E-state index contributed by atoms with van der Waals surface area (Å²) in [7, 11) is -3.68. The molecule has 9 heteroatoms. The van der Waals surface area contributed by atoms with E-state index in [2.05, 4.69) is 22.1 Å². The summed E-state index contributed by atoms with van der Waals surface area (Å²) < 4.78 is 39.5. The Hall–Kier alpha value is -2.00. The number of rotatable bonds is 6. The molecular weight excluding hydrogens is 457 g/mol. The van der Waals surface area contributed by atoms with E-state index in [9.17, 15) is 12.8 Å². The third-order valence-electron chi connectivity index (χ3n) is 5.47. The van der Waals surface area contributed by atoms with Gasteiger partial charge in [0.15, 0.2) is 0 Å². The molecule has 1 aliphatic heterocycles. The zero-order valence-electron chi connectivity index (χ0n) is 17.2. The molecule has 1 N–H and O–H groups in total. The van der Waals surface area contributed by atoms with Crippen LogP contribution in [0.3, 0.4) is 0 Å². The van der Waals surface area contributed by atoms with Gasteiger partial charge in [-0.25, -0.2) is 17.8 Å². The van der Waals surface area contributed by atoms with Crippen molar-refractivity contribution < 1.29 is 12.8 Å². The number of halogens is 2. The van der Waals surface area contributed by atoms with Gasteiger partial charge in [-0.2, -0.15) is 0 Å². The molecule has 31 heavy (non-hydrogen) atoms. The number of aromatic nitrogens is 1. The quantitative estimate of drug-likeness (QED) is 0.529. The van der Waals surface area contributed by atoms with Crippen LogP contribution in [0, 0.1) is 12.7 Å². The van der Waals surface area contributed by atoms with Crippen molar-refractivity contribution in [3.63, 3.8) is 0 Å². The first-order valence-electron chi connectivity index (χ1n) is 9.86. The highest BCUT2D eigenvalue weighted by molar-refractivity contribution is 7.93. The third-order valence-corrected chi connectivity index (χ3v) is 8.74. The van der Waals surface area contributed by atoms with E-state index in [1.807, 2.05) is 13.0 Å². The van der Waals surface area contributed by atoms with Crippen LogP contribution in [0.5, 0.6) is 0 Å². The molecule has 1 saturated heterocycles. The van der Waals surface area contributed by atoms with Gasteiger partial charge in [-0.3, -0.25) is 4.90 Å². The normalized spacial score (nSPS) is 19.6. The third kappa shape index (κ3) is 4.77. The maximum Gasteiger partial charge on any atom is 0.233 e.